The van der Waals surface area contributed by atoms with Crippen LogP contribution in [0.1, 0.15) is 16.1 Å². The molecular formula is C26H20N2O. The molecule has 3 nitrogen and oxygen atoms in total. The molecule has 0 radical (unpaired) electrons. The molecule has 4 aromatic rings. The van der Waals surface area contributed by atoms with Crippen LogP contribution in [0.4, 0.5) is 17.1 Å². The standard InChI is InChI=1S/C26H20N2O/c29-26(25-13-7-8-20-27-25)19-16-21-14-17-24(18-15-21)28(22-9-3-1-4-10-22)23-11-5-2-6-12-23/h1-20H/b19-16+. The highest BCUT2D eigenvalue weighted by atomic mass is 16.1. The van der Waals surface area contributed by atoms with Crippen LogP contribution in [0.5, 0.6) is 0 Å². The Bertz CT molecular complexity index is 1050. The average molecular weight is 376 g/mol. The summed E-state index contributed by atoms with van der Waals surface area (Å²) in [6.45, 7) is 0. The molecule has 0 fully saturated rings. The van der Waals surface area contributed by atoms with Crippen molar-refractivity contribution in [3.05, 3.63) is 127 Å². The second kappa shape index (κ2) is 8.81. The lowest BCUT2D eigenvalue weighted by Crippen LogP contribution is -2.09. The first-order valence-electron chi connectivity index (χ1n) is 9.45. The van der Waals surface area contributed by atoms with Crippen molar-refractivity contribution in [2.24, 2.45) is 0 Å². The number of rotatable bonds is 6. The van der Waals surface area contributed by atoms with Crippen molar-refractivity contribution < 1.29 is 4.79 Å². The van der Waals surface area contributed by atoms with Gasteiger partial charge in [0.05, 0.1) is 0 Å². The number of pyridine rings is 1. The lowest BCUT2D eigenvalue weighted by Gasteiger charge is -2.25. The lowest BCUT2D eigenvalue weighted by molar-refractivity contribution is 0.104. The second-order valence-corrected chi connectivity index (χ2v) is 6.51. The summed E-state index contributed by atoms with van der Waals surface area (Å²) >= 11 is 0. The maximum Gasteiger partial charge on any atom is 0.204 e. The van der Waals surface area contributed by atoms with Crippen LogP contribution >= 0.6 is 0 Å². The zero-order valence-electron chi connectivity index (χ0n) is 15.8. The van der Waals surface area contributed by atoms with Crippen LogP contribution in [-0.4, -0.2) is 10.8 Å². The number of carbonyl (C=O) groups is 1. The Morgan fingerprint density at radius 2 is 1.21 bits per heavy atom. The van der Waals surface area contributed by atoms with Crippen LogP contribution in [-0.2, 0) is 0 Å². The zero-order chi connectivity index (χ0) is 19.9. The smallest absolute Gasteiger partial charge is 0.204 e. The van der Waals surface area contributed by atoms with Gasteiger partial charge in [-0.2, -0.15) is 0 Å². The number of benzene rings is 3. The van der Waals surface area contributed by atoms with Gasteiger partial charge < -0.3 is 4.90 Å². The van der Waals surface area contributed by atoms with E-state index >= 15 is 0 Å². The molecule has 4 rings (SSSR count). The Morgan fingerprint density at radius 1 is 0.655 bits per heavy atom. The number of nitrogens with zero attached hydrogens (tertiary/aromatic N) is 2. The van der Waals surface area contributed by atoms with E-state index in [1.165, 1.54) is 0 Å². The van der Waals surface area contributed by atoms with Crippen molar-refractivity contribution in [1.29, 1.82) is 0 Å². The average Bonchev–Trinajstić information content (AvgIpc) is 2.80. The van der Waals surface area contributed by atoms with E-state index in [2.05, 4.69) is 46.3 Å². The number of aromatic nitrogens is 1. The molecule has 3 heteroatoms. The van der Waals surface area contributed by atoms with Crippen LogP contribution < -0.4 is 4.90 Å². The molecule has 0 saturated carbocycles. The Kier molecular flexibility index (Phi) is 5.58. The molecule has 0 N–H and O–H groups in total. The topological polar surface area (TPSA) is 33.2 Å². The number of hydrogen-bond donors (Lipinski definition) is 0. The number of allylic oxidation sites excluding steroid dienone is 1. The Hall–Kier alpha value is -3.98. The van der Waals surface area contributed by atoms with Gasteiger partial charge in [0, 0.05) is 23.3 Å². The van der Waals surface area contributed by atoms with Gasteiger partial charge in [-0.1, -0.05) is 60.7 Å². The Morgan fingerprint density at radius 3 is 1.76 bits per heavy atom. The Labute approximate surface area is 170 Å². The molecular weight excluding hydrogens is 356 g/mol. The van der Waals surface area contributed by atoms with Crippen molar-refractivity contribution in [2.75, 3.05) is 4.90 Å². The third-order valence-corrected chi connectivity index (χ3v) is 4.52. The molecule has 0 bridgehead atoms. The largest absolute Gasteiger partial charge is 0.311 e. The molecule has 1 aromatic heterocycles. The molecule has 0 amide bonds. The third-order valence-electron chi connectivity index (χ3n) is 4.52. The van der Waals surface area contributed by atoms with Gasteiger partial charge in [-0.25, -0.2) is 0 Å². The van der Waals surface area contributed by atoms with Crippen molar-refractivity contribution in [1.82, 2.24) is 4.98 Å². The van der Waals surface area contributed by atoms with E-state index in [9.17, 15) is 4.79 Å². The summed E-state index contributed by atoms with van der Waals surface area (Å²) in [5.74, 6) is -0.107. The SMILES string of the molecule is O=C(/C=C/c1ccc(N(c2ccccc2)c2ccccc2)cc1)c1ccccn1. The minimum absolute atomic E-state index is 0.107. The summed E-state index contributed by atoms with van der Waals surface area (Å²) in [4.78, 5) is 18.5. The molecule has 0 aliphatic heterocycles. The minimum atomic E-state index is -0.107. The van der Waals surface area contributed by atoms with Gasteiger partial charge in [0.1, 0.15) is 5.69 Å². The van der Waals surface area contributed by atoms with E-state index in [4.69, 9.17) is 0 Å². The summed E-state index contributed by atoms with van der Waals surface area (Å²) in [7, 11) is 0. The lowest BCUT2D eigenvalue weighted by atomic mass is 10.1. The fourth-order valence-electron chi connectivity index (χ4n) is 3.10. The van der Waals surface area contributed by atoms with Crippen LogP contribution in [0.15, 0.2) is 115 Å². The summed E-state index contributed by atoms with van der Waals surface area (Å²) in [5.41, 5.74) is 4.63. The number of carbonyl (C=O) groups excluding carboxylic acids is 1. The highest BCUT2D eigenvalue weighted by molar-refractivity contribution is 6.05. The van der Waals surface area contributed by atoms with Gasteiger partial charge in [0.15, 0.2) is 0 Å². The normalized spacial score (nSPS) is 10.8. The molecule has 3 aromatic carbocycles. The molecule has 0 atom stereocenters. The van der Waals surface area contributed by atoms with Crippen LogP contribution in [0, 0.1) is 0 Å². The quantitative estimate of drug-likeness (QED) is 0.286. The molecule has 0 saturated heterocycles. The second-order valence-electron chi connectivity index (χ2n) is 6.51. The zero-order valence-corrected chi connectivity index (χ0v) is 15.8. The number of hydrogen-bond acceptors (Lipinski definition) is 3. The minimum Gasteiger partial charge on any atom is -0.311 e. The molecule has 0 spiro atoms. The number of anilines is 3. The predicted molar refractivity (Wildman–Crippen MR) is 119 cm³/mol. The highest BCUT2D eigenvalue weighted by Gasteiger charge is 2.11. The maximum absolute atomic E-state index is 12.2. The van der Waals surface area contributed by atoms with Gasteiger partial charge in [0.25, 0.3) is 0 Å². The summed E-state index contributed by atoms with van der Waals surface area (Å²) in [6, 6.07) is 34.0. The first kappa shape index (κ1) is 18.4. The fraction of sp³-hybridized carbons (Fsp3) is 0. The van der Waals surface area contributed by atoms with Crippen molar-refractivity contribution in [3.63, 3.8) is 0 Å². The van der Waals surface area contributed by atoms with Gasteiger partial charge >= 0.3 is 0 Å². The maximum atomic E-state index is 12.2. The summed E-state index contributed by atoms with van der Waals surface area (Å²) in [5, 5.41) is 0. The molecule has 29 heavy (non-hydrogen) atoms. The van der Waals surface area contributed by atoms with Crippen molar-refractivity contribution >= 4 is 28.9 Å². The molecule has 140 valence electrons. The van der Waals surface area contributed by atoms with E-state index < -0.39 is 0 Å². The predicted octanol–water partition coefficient (Wildman–Crippen LogP) is 6.45. The Balaban J connectivity index is 1.59. The van der Waals surface area contributed by atoms with Crippen LogP contribution in [0.3, 0.4) is 0 Å². The molecule has 0 unspecified atom stereocenters. The monoisotopic (exact) mass is 376 g/mol. The van der Waals surface area contributed by atoms with Crippen LogP contribution in [0.2, 0.25) is 0 Å². The van der Waals surface area contributed by atoms with Crippen molar-refractivity contribution in [2.45, 2.75) is 0 Å². The molecule has 0 aliphatic carbocycles. The molecule has 1 heterocycles. The highest BCUT2D eigenvalue weighted by Crippen LogP contribution is 2.34. The van der Waals surface area contributed by atoms with E-state index in [0.717, 1.165) is 22.6 Å². The van der Waals surface area contributed by atoms with Gasteiger partial charge in [0.2, 0.25) is 5.78 Å². The number of para-hydroxylation sites is 2. The van der Waals surface area contributed by atoms with Gasteiger partial charge in [-0.15, -0.1) is 0 Å². The van der Waals surface area contributed by atoms with E-state index in [1.54, 1.807) is 24.4 Å². The first-order valence-corrected chi connectivity index (χ1v) is 9.45. The van der Waals surface area contributed by atoms with E-state index in [-0.39, 0.29) is 5.78 Å². The van der Waals surface area contributed by atoms with Gasteiger partial charge in [-0.3, -0.25) is 9.78 Å². The third kappa shape index (κ3) is 4.47. The van der Waals surface area contributed by atoms with E-state index in [1.807, 2.05) is 60.7 Å². The van der Waals surface area contributed by atoms with E-state index in [0.29, 0.717) is 5.69 Å². The van der Waals surface area contributed by atoms with Crippen molar-refractivity contribution in [3.8, 4) is 0 Å². The van der Waals surface area contributed by atoms with Gasteiger partial charge in [-0.05, 0) is 60.2 Å². The molecule has 0 aliphatic rings. The summed E-state index contributed by atoms with van der Waals surface area (Å²) in [6.07, 6.45) is 5.00. The summed E-state index contributed by atoms with van der Waals surface area (Å²) < 4.78 is 0. The fourth-order valence-corrected chi connectivity index (χ4v) is 3.10. The first-order chi connectivity index (χ1) is 14.3. The number of ketones is 1. The van der Waals surface area contributed by atoms with Crippen LogP contribution in [0.25, 0.3) is 6.08 Å².